The zero-order chi connectivity index (χ0) is 21.8. The molecule has 0 saturated carbocycles. The number of benzene rings is 2. The van der Waals surface area contributed by atoms with Gasteiger partial charge >= 0.3 is 5.97 Å². The average Bonchev–Trinajstić information content (AvgIpc) is 3.08. The fourth-order valence-electron chi connectivity index (χ4n) is 3.53. The van der Waals surface area contributed by atoms with Crippen molar-refractivity contribution in [1.82, 2.24) is 14.5 Å². The van der Waals surface area contributed by atoms with E-state index in [1.807, 2.05) is 34.9 Å². The number of rotatable bonds is 7. The van der Waals surface area contributed by atoms with Crippen molar-refractivity contribution in [3.63, 3.8) is 0 Å². The van der Waals surface area contributed by atoms with Crippen LogP contribution in [0.5, 0.6) is 0 Å². The van der Waals surface area contributed by atoms with Gasteiger partial charge in [0, 0.05) is 12.1 Å². The molecular formula is C24H24N4O3. The summed E-state index contributed by atoms with van der Waals surface area (Å²) in [5.74, 6) is -0.474. The van der Waals surface area contributed by atoms with E-state index < -0.39 is 5.97 Å². The van der Waals surface area contributed by atoms with Crippen molar-refractivity contribution < 1.29 is 14.3 Å². The third-order valence-corrected chi connectivity index (χ3v) is 5.03. The van der Waals surface area contributed by atoms with E-state index in [1.165, 1.54) is 0 Å². The molecule has 2 heterocycles. The van der Waals surface area contributed by atoms with Crippen LogP contribution in [0.2, 0.25) is 0 Å². The lowest BCUT2D eigenvalue weighted by Crippen LogP contribution is -2.18. The second-order valence-electron chi connectivity index (χ2n) is 7.15. The highest BCUT2D eigenvalue weighted by Gasteiger charge is 2.27. The van der Waals surface area contributed by atoms with Crippen molar-refractivity contribution in [3.8, 4) is 0 Å². The molecule has 7 nitrogen and oxygen atoms in total. The van der Waals surface area contributed by atoms with E-state index in [9.17, 15) is 9.59 Å². The van der Waals surface area contributed by atoms with Crippen molar-refractivity contribution in [1.29, 1.82) is 0 Å². The van der Waals surface area contributed by atoms with E-state index in [0.717, 1.165) is 18.4 Å². The van der Waals surface area contributed by atoms with Gasteiger partial charge in [-0.15, -0.1) is 0 Å². The highest BCUT2D eigenvalue weighted by atomic mass is 16.5. The zero-order valence-electron chi connectivity index (χ0n) is 17.6. The smallest absolute Gasteiger partial charge is 0.344 e. The number of aromatic nitrogens is 3. The molecule has 158 valence electrons. The first-order valence-electron chi connectivity index (χ1n) is 10.5. The number of carbonyl (C=O) groups is 2. The van der Waals surface area contributed by atoms with Gasteiger partial charge in [-0.25, -0.2) is 14.8 Å². The van der Waals surface area contributed by atoms with Gasteiger partial charge in [-0.1, -0.05) is 43.7 Å². The van der Waals surface area contributed by atoms with E-state index in [-0.39, 0.29) is 18.1 Å². The molecule has 0 radical (unpaired) electrons. The first kappa shape index (κ1) is 20.5. The Bertz CT molecular complexity index is 1250. The van der Waals surface area contributed by atoms with Crippen LogP contribution in [0.3, 0.4) is 0 Å². The number of amides is 1. The van der Waals surface area contributed by atoms with Gasteiger partial charge in [-0.3, -0.25) is 4.79 Å². The third-order valence-electron chi connectivity index (χ3n) is 5.03. The minimum atomic E-state index is -0.532. The molecule has 7 heteroatoms. The largest absolute Gasteiger partial charge is 0.462 e. The molecule has 0 atom stereocenters. The molecule has 31 heavy (non-hydrogen) atoms. The summed E-state index contributed by atoms with van der Waals surface area (Å²) in [7, 11) is 0. The monoisotopic (exact) mass is 416 g/mol. The Hall–Kier alpha value is -3.74. The van der Waals surface area contributed by atoms with Gasteiger partial charge in [0.15, 0.2) is 5.65 Å². The van der Waals surface area contributed by atoms with Crippen molar-refractivity contribution >= 4 is 39.9 Å². The molecule has 4 aromatic rings. The van der Waals surface area contributed by atoms with Crippen LogP contribution in [0, 0.1) is 0 Å². The van der Waals surface area contributed by atoms with Crippen LogP contribution >= 0.6 is 0 Å². The maximum atomic E-state index is 13.0. The standard InChI is InChI=1S/C24H24N4O3/c1-3-5-15-28-21(27-23(29)16-11-7-6-8-12-16)19(24(30)31-4-2)20-22(28)26-18-14-10-9-13-17(18)25-20/h6-14H,3-5,15H2,1-2H3,(H,27,29). The number of hydrogen-bond donors (Lipinski definition) is 1. The topological polar surface area (TPSA) is 86.1 Å². The predicted octanol–water partition coefficient (Wildman–Crippen LogP) is 4.81. The molecule has 0 aliphatic rings. The number of esters is 1. The first-order chi connectivity index (χ1) is 15.1. The van der Waals surface area contributed by atoms with Crippen LogP contribution < -0.4 is 5.32 Å². The Morgan fingerprint density at radius 1 is 0.968 bits per heavy atom. The molecule has 0 saturated heterocycles. The number of fused-ring (bicyclic) bond motifs is 2. The molecule has 0 aliphatic carbocycles. The number of ether oxygens (including phenoxy) is 1. The number of nitrogens with zero attached hydrogens (tertiary/aromatic N) is 3. The maximum absolute atomic E-state index is 13.0. The molecular weight excluding hydrogens is 392 g/mol. The minimum absolute atomic E-state index is 0.216. The fraction of sp³-hybridized carbons (Fsp3) is 0.250. The summed E-state index contributed by atoms with van der Waals surface area (Å²) in [6.45, 7) is 4.64. The Morgan fingerprint density at radius 2 is 1.65 bits per heavy atom. The zero-order valence-corrected chi connectivity index (χ0v) is 17.6. The molecule has 2 aromatic heterocycles. The summed E-state index contributed by atoms with van der Waals surface area (Å²) >= 11 is 0. The second kappa shape index (κ2) is 8.95. The molecule has 1 amide bonds. The van der Waals surface area contributed by atoms with Gasteiger partial charge in [0.05, 0.1) is 17.6 Å². The maximum Gasteiger partial charge on any atom is 0.344 e. The number of carbonyl (C=O) groups excluding carboxylic acids is 2. The van der Waals surface area contributed by atoms with Crippen LogP contribution in [0.15, 0.2) is 54.6 Å². The summed E-state index contributed by atoms with van der Waals surface area (Å²) in [5.41, 5.74) is 3.11. The van der Waals surface area contributed by atoms with E-state index in [0.29, 0.717) is 34.6 Å². The number of anilines is 1. The van der Waals surface area contributed by atoms with E-state index in [1.54, 1.807) is 31.2 Å². The molecule has 0 bridgehead atoms. The van der Waals surface area contributed by atoms with Crippen LogP contribution in [-0.2, 0) is 11.3 Å². The molecule has 1 N–H and O–H groups in total. The molecule has 4 rings (SSSR count). The quantitative estimate of drug-likeness (QED) is 0.437. The van der Waals surface area contributed by atoms with Gasteiger partial charge in [-0.2, -0.15) is 0 Å². The van der Waals surface area contributed by atoms with E-state index in [2.05, 4.69) is 12.2 Å². The number of para-hydroxylation sites is 2. The summed E-state index contributed by atoms with van der Waals surface area (Å²) in [5, 5.41) is 2.93. The summed E-state index contributed by atoms with van der Waals surface area (Å²) < 4.78 is 7.19. The molecule has 0 spiro atoms. The number of nitrogens with one attached hydrogen (secondary N) is 1. The van der Waals surface area contributed by atoms with Crippen molar-refractivity contribution in [3.05, 3.63) is 65.7 Å². The molecule has 0 unspecified atom stereocenters. The summed E-state index contributed by atoms with van der Waals surface area (Å²) in [6, 6.07) is 16.4. The lowest BCUT2D eigenvalue weighted by atomic mass is 10.2. The van der Waals surface area contributed by atoms with Gasteiger partial charge in [-0.05, 0) is 37.6 Å². The minimum Gasteiger partial charge on any atom is -0.462 e. The number of aryl methyl sites for hydroxylation is 1. The van der Waals surface area contributed by atoms with E-state index >= 15 is 0 Å². The predicted molar refractivity (Wildman–Crippen MR) is 120 cm³/mol. The SMILES string of the molecule is CCCCn1c(NC(=O)c2ccccc2)c(C(=O)OCC)c2nc3ccccc3nc21. The lowest BCUT2D eigenvalue weighted by Gasteiger charge is -2.12. The Kier molecular flexibility index (Phi) is 5.93. The lowest BCUT2D eigenvalue weighted by molar-refractivity contribution is 0.0529. The molecule has 2 aromatic carbocycles. The van der Waals surface area contributed by atoms with Crippen molar-refractivity contribution in [2.75, 3.05) is 11.9 Å². The number of hydrogen-bond acceptors (Lipinski definition) is 5. The fourth-order valence-corrected chi connectivity index (χ4v) is 3.53. The van der Waals surface area contributed by atoms with Crippen LogP contribution in [0.25, 0.3) is 22.2 Å². The van der Waals surface area contributed by atoms with Gasteiger partial charge < -0.3 is 14.6 Å². The van der Waals surface area contributed by atoms with Crippen molar-refractivity contribution in [2.24, 2.45) is 0 Å². The van der Waals surface area contributed by atoms with Gasteiger partial charge in [0.2, 0.25) is 0 Å². The highest BCUT2D eigenvalue weighted by molar-refractivity contribution is 6.13. The van der Waals surface area contributed by atoms with Crippen LogP contribution in [-0.4, -0.2) is 33.0 Å². The first-order valence-corrected chi connectivity index (χ1v) is 10.5. The molecule has 0 fully saturated rings. The Labute approximate surface area is 180 Å². The van der Waals surface area contributed by atoms with Crippen LogP contribution in [0.4, 0.5) is 5.82 Å². The average molecular weight is 416 g/mol. The van der Waals surface area contributed by atoms with Gasteiger partial charge in [0.25, 0.3) is 5.91 Å². The summed E-state index contributed by atoms with van der Waals surface area (Å²) in [4.78, 5) is 35.4. The second-order valence-corrected chi connectivity index (χ2v) is 7.15. The van der Waals surface area contributed by atoms with E-state index in [4.69, 9.17) is 14.7 Å². The Morgan fingerprint density at radius 3 is 2.32 bits per heavy atom. The summed E-state index contributed by atoms with van der Waals surface area (Å²) in [6.07, 6.45) is 1.80. The van der Waals surface area contributed by atoms with Crippen LogP contribution in [0.1, 0.15) is 47.4 Å². The number of unbranched alkanes of at least 4 members (excludes halogenated alkanes) is 1. The Balaban J connectivity index is 1.95. The van der Waals surface area contributed by atoms with Gasteiger partial charge in [0.1, 0.15) is 16.9 Å². The van der Waals surface area contributed by atoms with Crippen molar-refractivity contribution in [2.45, 2.75) is 33.2 Å². The third kappa shape index (κ3) is 3.99. The molecule has 0 aliphatic heterocycles. The highest BCUT2D eigenvalue weighted by Crippen LogP contribution is 2.31. The normalized spacial score (nSPS) is 11.0.